The quantitative estimate of drug-likeness (QED) is 0.0823. The predicted octanol–water partition coefficient (Wildman–Crippen LogP) is 2.07. The SMILES string of the molecule is CCNC(=O)[C@H]1O[C@@H](n2cnc3c(NCCCCNC(=O)CCCCCNC(=O)CCC4=[N+]5C(=Cc6c(C)cc(C)n6[B-]5(F)F)C=C4)ncnc32)[C@H](O)[C@@H]1O. The number of aromatic nitrogens is 5. The number of unbranched alkanes of at least 4 members (excludes halogenated alkanes) is 3. The Morgan fingerprint density at radius 3 is 2.42 bits per heavy atom. The molecule has 6 N–H and O–H groups in total. The van der Waals surface area contributed by atoms with Crippen molar-refractivity contribution in [1.29, 1.82) is 0 Å². The van der Waals surface area contributed by atoms with Crippen LogP contribution in [0.1, 0.15) is 81.5 Å². The molecule has 55 heavy (non-hydrogen) atoms. The number of aliphatic hydroxyl groups is 2. The van der Waals surface area contributed by atoms with Crippen molar-refractivity contribution in [2.24, 2.45) is 0 Å². The van der Waals surface area contributed by atoms with E-state index in [9.17, 15) is 24.6 Å². The van der Waals surface area contributed by atoms with Crippen LogP contribution in [0.5, 0.6) is 0 Å². The summed E-state index contributed by atoms with van der Waals surface area (Å²) in [5.41, 5.74) is 3.50. The Balaban J connectivity index is 0.830. The van der Waals surface area contributed by atoms with Gasteiger partial charge >= 0.3 is 6.97 Å². The van der Waals surface area contributed by atoms with Gasteiger partial charge in [0.25, 0.3) is 5.91 Å². The fourth-order valence-electron chi connectivity index (χ4n) is 7.36. The highest BCUT2D eigenvalue weighted by Crippen LogP contribution is 2.35. The molecular weight excluding hydrogens is 717 g/mol. The maximum Gasteiger partial charge on any atom is 0.737 e. The molecule has 0 aromatic carbocycles. The number of likely N-dealkylation sites (N-methyl/N-ethyl adjacent to an activating group) is 1. The number of carbonyl (C=O) groups is 3. The zero-order chi connectivity index (χ0) is 39.3. The largest absolute Gasteiger partial charge is 0.737 e. The molecule has 0 bridgehead atoms. The predicted molar refractivity (Wildman–Crippen MR) is 201 cm³/mol. The summed E-state index contributed by atoms with van der Waals surface area (Å²) in [4.78, 5) is 50.0. The number of ether oxygens (including phenoxy) is 1. The number of halogens is 2. The topological polar surface area (TPSA) is 201 Å². The maximum atomic E-state index is 15.6. The molecule has 6 rings (SSSR count). The van der Waals surface area contributed by atoms with Crippen LogP contribution in [0.4, 0.5) is 14.4 Å². The molecule has 296 valence electrons. The van der Waals surface area contributed by atoms with E-state index in [1.165, 1.54) is 17.2 Å². The van der Waals surface area contributed by atoms with Gasteiger partial charge in [0.15, 0.2) is 35.0 Å². The van der Waals surface area contributed by atoms with Crippen LogP contribution in [-0.4, -0.2) is 114 Å². The number of allylic oxidation sites excluding steroid dienone is 2. The number of fused-ring (bicyclic) bond motifs is 3. The fraction of sp³-hybridized carbons (Fsp3) is 0.528. The van der Waals surface area contributed by atoms with Crippen molar-refractivity contribution in [2.75, 3.05) is 31.5 Å². The van der Waals surface area contributed by atoms with Gasteiger partial charge in [-0.15, -0.1) is 0 Å². The Morgan fingerprint density at radius 1 is 0.927 bits per heavy atom. The summed E-state index contributed by atoms with van der Waals surface area (Å²) in [5.74, 6) is -0.284. The third-order valence-electron chi connectivity index (χ3n) is 10.1. The van der Waals surface area contributed by atoms with Crippen LogP contribution in [0.2, 0.25) is 0 Å². The van der Waals surface area contributed by atoms with E-state index in [4.69, 9.17) is 4.74 Å². The van der Waals surface area contributed by atoms with Gasteiger partial charge in [0.2, 0.25) is 11.8 Å². The molecule has 6 heterocycles. The summed E-state index contributed by atoms with van der Waals surface area (Å²) in [7, 11) is 0. The molecule has 3 amide bonds. The molecule has 3 aliphatic heterocycles. The van der Waals surface area contributed by atoms with E-state index in [0.29, 0.717) is 85.2 Å². The molecule has 1 fully saturated rings. The van der Waals surface area contributed by atoms with E-state index in [-0.39, 0.29) is 24.7 Å². The highest BCUT2D eigenvalue weighted by atomic mass is 19.2. The zero-order valence-corrected chi connectivity index (χ0v) is 31.3. The molecule has 1 saturated heterocycles. The molecule has 19 heteroatoms. The molecule has 16 nitrogen and oxygen atoms in total. The monoisotopic (exact) mass is 766 g/mol. The first-order chi connectivity index (χ1) is 26.4. The van der Waals surface area contributed by atoms with E-state index in [2.05, 4.69) is 36.2 Å². The number of anilines is 1. The smallest absolute Gasteiger partial charge is 0.394 e. The number of hydrogen-bond donors (Lipinski definition) is 6. The lowest BCUT2D eigenvalue weighted by atomic mass is 9.90. The number of rotatable bonds is 18. The number of aliphatic hydroxyl groups excluding tert-OH is 2. The van der Waals surface area contributed by atoms with Gasteiger partial charge in [0.1, 0.15) is 24.2 Å². The number of carbonyl (C=O) groups excluding carboxylic acids is 3. The number of imidazole rings is 1. The van der Waals surface area contributed by atoms with Crippen LogP contribution in [0.3, 0.4) is 0 Å². The van der Waals surface area contributed by atoms with E-state index in [0.717, 1.165) is 33.8 Å². The fourth-order valence-corrected chi connectivity index (χ4v) is 7.36. The van der Waals surface area contributed by atoms with E-state index < -0.39 is 37.4 Å². The van der Waals surface area contributed by atoms with E-state index in [1.807, 2.05) is 6.92 Å². The second-order valence-corrected chi connectivity index (χ2v) is 14.1. The van der Waals surface area contributed by atoms with Crippen molar-refractivity contribution < 1.29 is 42.5 Å². The van der Waals surface area contributed by atoms with Crippen molar-refractivity contribution in [3.05, 3.63) is 53.5 Å². The average molecular weight is 767 g/mol. The van der Waals surface area contributed by atoms with Crippen LogP contribution < -0.4 is 21.3 Å². The molecule has 3 aromatic rings. The minimum Gasteiger partial charge on any atom is -0.394 e. The third-order valence-corrected chi connectivity index (χ3v) is 10.1. The molecule has 4 atom stereocenters. The highest BCUT2D eigenvalue weighted by molar-refractivity contribution is 6.58. The van der Waals surface area contributed by atoms with Crippen LogP contribution in [0.25, 0.3) is 17.2 Å². The van der Waals surface area contributed by atoms with Gasteiger partial charge in [-0.05, 0) is 63.8 Å². The standard InChI is InChI=1S/C36H49BF2N10O6/c1-4-40-35(54)32-30(52)31(53)36(55-32)47-21-46-29-33(44-20-45-34(29)47)43-17-9-8-16-41-27(50)10-6-5-7-15-42-28(51)14-13-24-11-12-25-19-26-22(2)18-23(3)48(26)37(38,39)49(24)25/h11-12,18-21,30-32,36,52-53H,4-10,13-17H2,1-3H3,(H,40,54)(H,41,50)(H,42,51)(H,43,44,45)/t30-,31+,32-,36+/m0/s1. The normalized spacial score (nSPS) is 21.0. The summed E-state index contributed by atoms with van der Waals surface area (Å²) in [5, 5.41) is 32.6. The van der Waals surface area contributed by atoms with Crippen molar-refractivity contribution in [3.63, 3.8) is 0 Å². The summed E-state index contributed by atoms with van der Waals surface area (Å²) >= 11 is 0. The minimum atomic E-state index is -4.05. The van der Waals surface area contributed by atoms with E-state index >= 15 is 8.63 Å². The molecule has 0 spiro atoms. The summed E-state index contributed by atoms with van der Waals surface area (Å²) in [6, 6.07) is 1.76. The number of nitrogens with zero attached hydrogens (tertiary/aromatic N) is 6. The van der Waals surface area contributed by atoms with Crippen molar-refractivity contribution in [2.45, 2.75) is 96.7 Å². The zero-order valence-electron chi connectivity index (χ0n) is 31.3. The molecule has 0 unspecified atom stereocenters. The van der Waals surface area contributed by atoms with Gasteiger partial charge in [-0.1, -0.05) is 6.42 Å². The summed E-state index contributed by atoms with van der Waals surface area (Å²) < 4.78 is 40.5. The first kappa shape index (κ1) is 39.7. The Hall–Kier alpha value is -5.01. The molecule has 0 radical (unpaired) electrons. The second kappa shape index (κ2) is 17.2. The Labute approximate surface area is 317 Å². The molecule has 3 aromatic heterocycles. The number of amides is 3. The Morgan fingerprint density at radius 2 is 1.65 bits per heavy atom. The average Bonchev–Trinajstić information content (AvgIpc) is 3.91. The number of hydrogen-bond acceptors (Lipinski definition) is 10. The lowest BCUT2D eigenvalue weighted by Gasteiger charge is -2.30. The van der Waals surface area contributed by atoms with Crippen molar-refractivity contribution in [1.82, 2.24) is 39.9 Å². The van der Waals surface area contributed by atoms with Crippen LogP contribution in [0.15, 0.2) is 36.6 Å². The van der Waals surface area contributed by atoms with Crippen molar-refractivity contribution in [3.8, 4) is 0 Å². The summed E-state index contributed by atoms with van der Waals surface area (Å²) in [6.07, 6.45) is 7.09. The highest BCUT2D eigenvalue weighted by Gasteiger charge is 2.52. The first-order valence-corrected chi connectivity index (χ1v) is 18.9. The Kier molecular flexibility index (Phi) is 12.4. The third kappa shape index (κ3) is 8.47. The summed E-state index contributed by atoms with van der Waals surface area (Å²) in [6.45, 7) is 3.07. The maximum absolute atomic E-state index is 15.6. The van der Waals surface area contributed by atoms with Gasteiger partial charge in [-0.2, -0.15) is 0 Å². The molecule has 0 aliphatic carbocycles. The van der Waals surface area contributed by atoms with Gasteiger partial charge in [-0.3, -0.25) is 19.0 Å². The number of aryl methyl sites for hydroxylation is 2. The molecular formula is C36H49BF2N10O6. The van der Waals surface area contributed by atoms with Gasteiger partial charge in [-0.25, -0.2) is 15.0 Å². The first-order valence-electron chi connectivity index (χ1n) is 18.9. The van der Waals surface area contributed by atoms with Crippen LogP contribution in [0, 0.1) is 13.8 Å². The minimum absolute atomic E-state index is 0.0422. The van der Waals surface area contributed by atoms with Crippen LogP contribution in [-0.2, 0) is 19.1 Å². The van der Waals surface area contributed by atoms with Gasteiger partial charge in [0, 0.05) is 69.4 Å². The molecule has 0 saturated carbocycles. The van der Waals surface area contributed by atoms with E-state index in [1.54, 1.807) is 38.1 Å². The second-order valence-electron chi connectivity index (χ2n) is 14.1. The lowest BCUT2D eigenvalue weighted by molar-refractivity contribution is -0.362. The van der Waals surface area contributed by atoms with Crippen molar-refractivity contribution >= 4 is 53.5 Å². The number of nitrogens with one attached hydrogen (secondary N) is 4. The Bertz CT molecular complexity index is 2010. The van der Waals surface area contributed by atoms with Gasteiger partial charge in [0.05, 0.1) is 6.33 Å². The van der Waals surface area contributed by atoms with Gasteiger partial charge < -0.3 is 53.8 Å². The van der Waals surface area contributed by atoms with Crippen LogP contribution >= 0.6 is 0 Å². The lowest BCUT2D eigenvalue weighted by Crippen LogP contribution is -2.50. The molecule has 3 aliphatic rings.